The largest absolute Gasteiger partial charge is 0.497 e. The second kappa shape index (κ2) is 8.73. The van der Waals surface area contributed by atoms with Crippen LogP contribution in [0.15, 0.2) is 65.3 Å². The third-order valence-corrected chi connectivity index (χ3v) is 4.89. The van der Waals surface area contributed by atoms with E-state index in [1.807, 2.05) is 18.2 Å². The van der Waals surface area contributed by atoms with Crippen molar-refractivity contribution in [3.8, 4) is 11.5 Å². The number of furan rings is 1. The van der Waals surface area contributed by atoms with Crippen LogP contribution in [0.25, 0.3) is 0 Å². The first kappa shape index (κ1) is 19.6. The van der Waals surface area contributed by atoms with Gasteiger partial charge < -0.3 is 24.1 Å². The predicted octanol–water partition coefficient (Wildman–Crippen LogP) is 3.90. The van der Waals surface area contributed by atoms with E-state index in [2.05, 4.69) is 5.32 Å². The summed E-state index contributed by atoms with van der Waals surface area (Å²) in [7, 11) is 1.59. The maximum atomic E-state index is 12.8. The molecule has 2 heterocycles. The van der Waals surface area contributed by atoms with Crippen LogP contribution < -0.4 is 19.7 Å². The van der Waals surface area contributed by atoms with E-state index in [1.54, 1.807) is 48.4 Å². The monoisotopic (exact) mass is 406 g/mol. The molecule has 0 saturated carbocycles. The molecule has 0 radical (unpaired) electrons. The Morgan fingerprint density at radius 3 is 2.63 bits per heavy atom. The summed E-state index contributed by atoms with van der Waals surface area (Å²) in [5.74, 6) is 1.11. The lowest BCUT2D eigenvalue weighted by Gasteiger charge is -2.29. The molecule has 0 saturated heterocycles. The lowest BCUT2D eigenvalue weighted by molar-refractivity contribution is -0.118. The van der Waals surface area contributed by atoms with Gasteiger partial charge in [-0.15, -0.1) is 0 Å². The van der Waals surface area contributed by atoms with Crippen molar-refractivity contribution in [2.45, 2.75) is 12.8 Å². The van der Waals surface area contributed by atoms with E-state index in [9.17, 15) is 9.59 Å². The van der Waals surface area contributed by atoms with Gasteiger partial charge in [-0.25, -0.2) is 0 Å². The first-order valence-electron chi connectivity index (χ1n) is 9.69. The van der Waals surface area contributed by atoms with Crippen LogP contribution in [0.3, 0.4) is 0 Å². The Morgan fingerprint density at radius 2 is 1.90 bits per heavy atom. The van der Waals surface area contributed by atoms with E-state index >= 15 is 0 Å². The third-order valence-electron chi connectivity index (χ3n) is 4.89. The van der Waals surface area contributed by atoms with Gasteiger partial charge in [-0.05, 0) is 66.9 Å². The van der Waals surface area contributed by atoms with Gasteiger partial charge in [0.15, 0.2) is 12.4 Å². The molecule has 2 amide bonds. The molecule has 2 aromatic carbocycles. The van der Waals surface area contributed by atoms with E-state index < -0.39 is 0 Å². The van der Waals surface area contributed by atoms with Crippen LogP contribution in [0.1, 0.15) is 22.5 Å². The Balaban J connectivity index is 1.43. The number of carbonyl (C=O) groups excluding carboxylic acids is 2. The number of hydrogen-bond acceptors (Lipinski definition) is 5. The maximum Gasteiger partial charge on any atom is 0.293 e. The summed E-state index contributed by atoms with van der Waals surface area (Å²) in [6.07, 6.45) is 3.24. The summed E-state index contributed by atoms with van der Waals surface area (Å²) in [4.78, 5) is 26.8. The molecule has 0 spiro atoms. The number of amides is 2. The van der Waals surface area contributed by atoms with Crippen LogP contribution >= 0.6 is 0 Å². The minimum Gasteiger partial charge on any atom is -0.497 e. The van der Waals surface area contributed by atoms with Gasteiger partial charge in [0.1, 0.15) is 11.5 Å². The fourth-order valence-electron chi connectivity index (χ4n) is 3.41. The number of methoxy groups -OCH3 is 1. The van der Waals surface area contributed by atoms with Crippen molar-refractivity contribution in [2.75, 3.05) is 30.5 Å². The highest BCUT2D eigenvalue weighted by molar-refractivity contribution is 6.05. The van der Waals surface area contributed by atoms with E-state index in [-0.39, 0.29) is 18.4 Å². The number of nitrogens with zero attached hydrogens (tertiary/aromatic N) is 1. The van der Waals surface area contributed by atoms with Crippen molar-refractivity contribution >= 4 is 23.2 Å². The molecule has 4 rings (SSSR count). The molecule has 1 aliphatic rings. The Labute approximate surface area is 174 Å². The molecule has 1 aromatic heterocycles. The number of carbonyl (C=O) groups is 2. The van der Waals surface area contributed by atoms with Gasteiger partial charge in [0.25, 0.3) is 11.8 Å². The van der Waals surface area contributed by atoms with Crippen molar-refractivity contribution in [3.63, 3.8) is 0 Å². The van der Waals surface area contributed by atoms with E-state index in [1.165, 1.54) is 6.26 Å². The highest BCUT2D eigenvalue weighted by Gasteiger charge is 2.25. The van der Waals surface area contributed by atoms with Crippen LogP contribution in [0, 0.1) is 0 Å². The molecule has 0 bridgehead atoms. The number of hydrogen-bond donors (Lipinski definition) is 1. The number of anilines is 2. The number of aryl methyl sites for hydroxylation is 1. The van der Waals surface area contributed by atoms with Crippen molar-refractivity contribution in [2.24, 2.45) is 0 Å². The van der Waals surface area contributed by atoms with Crippen LogP contribution in [-0.2, 0) is 11.2 Å². The second-order valence-corrected chi connectivity index (χ2v) is 6.89. The zero-order valence-electron chi connectivity index (χ0n) is 16.6. The summed E-state index contributed by atoms with van der Waals surface area (Å²) in [6, 6.07) is 16.0. The summed E-state index contributed by atoms with van der Waals surface area (Å²) >= 11 is 0. The quantitative estimate of drug-likeness (QED) is 0.672. The van der Waals surface area contributed by atoms with Crippen molar-refractivity contribution < 1.29 is 23.5 Å². The summed E-state index contributed by atoms with van der Waals surface area (Å²) in [5.41, 5.74) is 2.46. The number of benzene rings is 2. The van der Waals surface area contributed by atoms with Crippen molar-refractivity contribution in [1.82, 2.24) is 0 Å². The third kappa shape index (κ3) is 4.30. The van der Waals surface area contributed by atoms with Crippen LogP contribution in [0.4, 0.5) is 11.4 Å². The molecule has 0 fully saturated rings. The molecule has 3 aromatic rings. The smallest absolute Gasteiger partial charge is 0.293 e. The SMILES string of the molecule is COc1ccc(OCC(=O)Nc2ccc3c(c2)N(C(=O)c2ccco2)CCC3)cc1. The minimum atomic E-state index is -0.287. The Bertz CT molecular complexity index is 1030. The van der Waals surface area contributed by atoms with E-state index in [4.69, 9.17) is 13.9 Å². The summed E-state index contributed by atoms with van der Waals surface area (Å²) < 4.78 is 15.9. The zero-order valence-corrected chi connectivity index (χ0v) is 16.6. The van der Waals surface area contributed by atoms with Gasteiger partial charge in [0.05, 0.1) is 13.4 Å². The predicted molar refractivity (Wildman–Crippen MR) is 112 cm³/mol. The van der Waals surface area contributed by atoms with Crippen molar-refractivity contribution in [3.05, 3.63) is 72.2 Å². The van der Waals surface area contributed by atoms with Gasteiger partial charge in [0, 0.05) is 17.9 Å². The lowest BCUT2D eigenvalue weighted by atomic mass is 10.0. The van der Waals surface area contributed by atoms with Crippen LogP contribution in [0.2, 0.25) is 0 Å². The fourth-order valence-corrected chi connectivity index (χ4v) is 3.41. The molecule has 7 heteroatoms. The van der Waals surface area contributed by atoms with Gasteiger partial charge >= 0.3 is 0 Å². The topological polar surface area (TPSA) is 81.0 Å². The Hall–Kier alpha value is -3.74. The molecular formula is C23H22N2O5. The minimum absolute atomic E-state index is 0.127. The molecule has 0 aliphatic carbocycles. The number of fused-ring (bicyclic) bond motifs is 1. The average Bonchev–Trinajstić information content (AvgIpc) is 3.32. The molecule has 154 valence electrons. The maximum absolute atomic E-state index is 12.8. The van der Waals surface area contributed by atoms with Gasteiger partial charge in [-0.3, -0.25) is 9.59 Å². The Morgan fingerprint density at radius 1 is 1.10 bits per heavy atom. The van der Waals surface area contributed by atoms with E-state index in [0.717, 1.165) is 29.8 Å². The molecule has 7 nitrogen and oxygen atoms in total. The zero-order chi connectivity index (χ0) is 20.9. The highest BCUT2D eigenvalue weighted by Crippen LogP contribution is 2.31. The lowest BCUT2D eigenvalue weighted by Crippen LogP contribution is -2.35. The molecule has 0 unspecified atom stereocenters. The highest BCUT2D eigenvalue weighted by atomic mass is 16.5. The molecule has 0 atom stereocenters. The normalized spacial score (nSPS) is 12.8. The number of rotatable bonds is 6. The molecule has 1 N–H and O–H groups in total. The Kier molecular flexibility index (Phi) is 5.70. The average molecular weight is 406 g/mol. The standard InChI is InChI=1S/C23H22N2O5/c1-28-18-8-10-19(11-9-18)30-15-22(26)24-17-7-6-16-4-2-12-25(20(16)14-17)23(27)21-5-3-13-29-21/h3,5-11,13-14H,2,4,12,15H2,1H3,(H,24,26). The van der Waals surface area contributed by atoms with Gasteiger partial charge in [-0.2, -0.15) is 0 Å². The van der Waals surface area contributed by atoms with Crippen LogP contribution in [-0.4, -0.2) is 32.1 Å². The van der Waals surface area contributed by atoms with E-state index in [0.29, 0.717) is 23.7 Å². The second-order valence-electron chi connectivity index (χ2n) is 6.89. The van der Waals surface area contributed by atoms with Crippen molar-refractivity contribution in [1.29, 1.82) is 0 Å². The number of ether oxygens (including phenoxy) is 2. The fraction of sp³-hybridized carbons (Fsp3) is 0.217. The first-order chi connectivity index (χ1) is 14.6. The molecular weight excluding hydrogens is 384 g/mol. The molecule has 1 aliphatic heterocycles. The number of nitrogens with one attached hydrogen (secondary N) is 1. The summed E-state index contributed by atoms with van der Waals surface area (Å²) in [6.45, 7) is 0.475. The first-order valence-corrected chi connectivity index (χ1v) is 9.69. The van der Waals surface area contributed by atoms with Gasteiger partial charge in [0.2, 0.25) is 0 Å². The summed E-state index contributed by atoms with van der Waals surface area (Å²) in [5, 5.41) is 2.83. The van der Waals surface area contributed by atoms with Gasteiger partial charge in [-0.1, -0.05) is 6.07 Å². The van der Waals surface area contributed by atoms with Crippen LogP contribution in [0.5, 0.6) is 11.5 Å². The molecule has 30 heavy (non-hydrogen) atoms.